The fourth-order valence-corrected chi connectivity index (χ4v) is 4.70. The highest BCUT2D eigenvalue weighted by Gasteiger charge is 2.12. The van der Waals surface area contributed by atoms with Gasteiger partial charge in [-0.3, -0.25) is 4.79 Å². The third-order valence-corrected chi connectivity index (χ3v) is 6.97. The summed E-state index contributed by atoms with van der Waals surface area (Å²) < 4.78 is 0. The Morgan fingerprint density at radius 1 is 0.707 bits per heavy atom. The van der Waals surface area contributed by atoms with Gasteiger partial charge in [0, 0.05) is 29.8 Å². The van der Waals surface area contributed by atoms with Crippen LogP contribution in [0.3, 0.4) is 0 Å². The fourth-order valence-electron chi connectivity index (χ4n) is 4.70. The van der Waals surface area contributed by atoms with E-state index in [1.165, 1.54) is 0 Å². The molecule has 2 heterocycles. The molecule has 0 saturated heterocycles. The molecule has 0 aliphatic carbocycles. The van der Waals surface area contributed by atoms with Crippen molar-refractivity contribution < 1.29 is 14.7 Å². The molecule has 204 valence electrons. The zero-order valence-corrected chi connectivity index (χ0v) is 22.6. The van der Waals surface area contributed by atoms with Gasteiger partial charge >= 0.3 is 5.97 Å². The lowest BCUT2D eigenvalue weighted by atomic mass is 10.0. The van der Waals surface area contributed by atoms with Gasteiger partial charge in [-0.2, -0.15) is 0 Å². The summed E-state index contributed by atoms with van der Waals surface area (Å²) in [6.07, 6.45) is 0. The van der Waals surface area contributed by atoms with Gasteiger partial charge in [0.05, 0.1) is 27.6 Å². The second kappa shape index (κ2) is 10.7. The molecule has 0 fully saturated rings. The van der Waals surface area contributed by atoms with Crippen molar-refractivity contribution in [3.63, 3.8) is 0 Å². The van der Waals surface area contributed by atoms with E-state index in [4.69, 9.17) is 10.1 Å². The van der Waals surface area contributed by atoms with Gasteiger partial charge in [0.1, 0.15) is 11.6 Å². The van der Waals surface area contributed by atoms with Crippen LogP contribution in [0.5, 0.6) is 0 Å². The number of nitrogens with one attached hydrogen (secondary N) is 3. The number of amides is 1. The van der Waals surface area contributed by atoms with Gasteiger partial charge in [0.25, 0.3) is 5.91 Å². The number of carbonyl (C=O) groups excluding carboxylic acids is 1. The molecule has 0 unspecified atom stereocenters. The number of aromatic carboxylic acids is 1. The van der Waals surface area contributed by atoms with Gasteiger partial charge in [0.2, 0.25) is 0 Å². The smallest absolute Gasteiger partial charge is 0.335 e. The predicted molar refractivity (Wildman–Crippen MR) is 160 cm³/mol. The van der Waals surface area contributed by atoms with Crippen molar-refractivity contribution in [1.82, 2.24) is 30.2 Å². The van der Waals surface area contributed by atoms with Gasteiger partial charge in [0.15, 0.2) is 0 Å². The Balaban J connectivity index is 1.22. The van der Waals surface area contributed by atoms with E-state index in [1.807, 2.05) is 67.5 Å². The van der Waals surface area contributed by atoms with E-state index in [-0.39, 0.29) is 11.5 Å². The van der Waals surface area contributed by atoms with Crippen molar-refractivity contribution in [2.24, 2.45) is 0 Å². The molecular weight excluding hydrogens is 516 g/mol. The molecule has 4 N–H and O–H groups in total. The maximum Gasteiger partial charge on any atom is 0.335 e. The first kappa shape index (κ1) is 26.0. The first-order valence-corrected chi connectivity index (χ1v) is 13.2. The Bertz CT molecular complexity index is 1890. The zero-order chi connectivity index (χ0) is 28.5. The number of imidazole rings is 2. The summed E-state index contributed by atoms with van der Waals surface area (Å²) in [5.74, 6) is 0.366. The average Bonchev–Trinajstić information content (AvgIpc) is 3.60. The van der Waals surface area contributed by atoms with Crippen LogP contribution in [0.15, 0.2) is 84.9 Å². The molecule has 0 radical (unpaired) electrons. The van der Waals surface area contributed by atoms with Crippen LogP contribution < -0.4 is 5.32 Å². The molecule has 0 saturated carbocycles. The second-order valence-electron chi connectivity index (χ2n) is 10.2. The van der Waals surface area contributed by atoms with Crippen LogP contribution in [0, 0.1) is 0 Å². The minimum absolute atomic E-state index is 0.0925. The maximum atomic E-state index is 12.4. The average molecular weight is 545 g/mol. The summed E-state index contributed by atoms with van der Waals surface area (Å²) in [5, 5.41) is 12.1. The summed E-state index contributed by atoms with van der Waals surface area (Å²) in [5.41, 5.74) is 8.09. The van der Waals surface area contributed by atoms with Crippen LogP contribution in [0.1, 0.15) is 20.7 Å². The van der Waals surface area contributed by atoms with E-state index >= 15 is 0 Å². The standard InChI is InChI=1S/C32H28N6O3/c1-38(2)16-15-33-31(39)21-7-3-19(4-8-21)29-34-25-13-11-23(17-27(25)36-29)24-12-14-26-28(18-24)37-30(35-26)20-5-9-22(10-6-20)32(40)41/h3-14,17-18H,15-16H2,1-2H3,(H,33,39)(H,34,36)(H,35,37)(H,40,41). The van der Waals surface area contributed by atoms with Crippen LogP contribution in [-0.4, -0.2) is 69.0 Å². The zero-order valence-electron chi connectivity index (χ0n) is 22.6. The van der Waals surface area contributed by atoms with E-state index in [0.717, 1.165) is 56.7 Å². The van der Waals surface area contributed by atoms with Crippen molar-refractivity contribution >= 4 is 33.9 Å². The fraction of sp³-hybridized carbons (Fsp3) is 0.125. The molecule has 0 aliphatic heterocycles. The van der Waals surface area contributed by atoms with Gasteiger partial charge in [-0.1, -0.05) is 36.4 Å². The number of nitrogens with zero attached hydrogens (tertiary/aromatic N) is 3. The Kier molecular flexibility index (Phi) is 6.78. The van der Waals surface area contributed by atoms with Gasteiger partial charge in [-0.15, -0.1) is 0 Å². The molecule has 41 heavy (non-hydrogen) atoms. The number of hydrogen-bond donors (Lipinski definition) is 4. The Morgan fingerprint density at radius 3 is 1.63 bits per heavy atom. The number of likely N-dealkylation sites (N-methyl/N-ethyl adjacent to an activating group) is 1. The van der Waals surface area contributed by atoms with Crippen LogP contribution in [-0.2, 0) is 0 Å². The Morgan fingerprint density at radius 2 is 1.17 bits per heavy atom. The molecular formula is C32H28N6O3. The summed E-state index contributed by atoms with van der Waals surface area (Å²) in [6.45, 7) is 1.38. The number of aromatic amines is 2. The minimum atomic E-state index is -0.958. The number of benzene rings is 4. The van der Waals surface area contributed by atoms with E-state index in [9.17, 15) is 9.59 Å². The van der Waals surface area contributed by atoms with Gasteiger partial charge < -0.3 is 25.3 Å². The van der Waals surface area contributed by atoms with Crippen molar-refractivity contribution in [2.75, 3.05) is 27.2 Å². The predicted octanol–water partition coefficient (Wildman–Crippen LogP) is 5.43. The van der Waals surface area contributed by atoms with E-state index in [0.29, 0.717) is 17.9 Å². The topological polar surface area (TPSA) is 127 Å². The van der Waals surface area contributed by atoms with Crippen molar-refractivity contribution in [1.29, 1.82) is 0 Å². The number of carbonyl (C=O) groups is 2. The SMILES string of the molecule is CN(C)CCNC(=O)c1ccc(-c2nc3ccc(-c4ccc5nc(-c6ccc(C(=O)O)cc6)[nH]c5c4)cc3[nH]2)cc1. The molecule has 6 rings (SSSR count). The van der Waals surface area contributed by atoms with Crippen LogP contribution in [0.25, 0.3) is 56.0 Å². The highest BCUT2D eigenvalue weighted by atomic mass is 16.4. The maximum absolute atomic E-state index is 12.4. The molecule has 4 aromatic carbocycles. The quantitative estimate of drug-likeness (QED) is 0.202. The van der Waals surface area contributed by atoms with Crippen LogP contribution in [0.2, 0.25) is 0 Å². The molecule has 0 spiro atoms. The molecule has 0 aliphatic rings. The number of H-pyrrole nitrogens is 2. The van der Waals surface area contributed by atoms with Crippen molar-refractivity contribution in [3.8, 4) is 33.9 Å². The summed E-state index contributed by atoms with van der Waals surface area (Å²) in [7, 11) is 3.94. The minimum Gasteiger partial charge on any atom is -0.478 e. The molecule has 9 heteroatoms. The summed E-state index contributed by atoms with van der Waals surface area (Å²) in [4.78, 5) is 41.8. The van der Waals surface area contributed by atoms with Gasteiger partial charge in [-0.25, -0.2) is 14.8 Å². The first-order valence-electron chi connectivity index (χ1n) is 13.2. The van der Waals surface area contributed by atoms with E-state index in [2.05, 4.69) is 32.4 Å². The highest BCUT2D eigenvalue weighted by molar-refractivity contribution is 5.95. The first-order chi connectivity index (χ1) is 19.8. The van der Waals surface area contributed by atoms with Crippen LogP contribution in [0.4, 0.5) is 0 Å². The monoisotopic (exact) mass is 544 g/mol. The lowest BCUT2D eigenvalue weighted by Crippen LogP contribution is -2.31. The largest absolute Gasteiger partial charge is 0.478 e. The number of hydrogen-bond acceptors (Lipinski definition) is 5. The molecule has 2 aromatic heterocycles. The van der Waals surface area contributed by atoms with E-state index in [1.54, 1.807) is 24.3 Å². The summed E-state index contributed by atoms with van der Waals surface area (Å²) in [6, 6.07) is 26.2. The molecule has 0 bridgehead atoms. The third kappa shape index (κ3) is 5.43. The van der Waals surface area contributed by atoms with Gasteiger partial charge in [-0.05, 0) is 73.8 Å². The number of aromatic nitrogens is 4. The molecule has 6 aromatic rings. The number of carboxylic acids is 1. The van der Waals surface area contributed by atoms with E-state index < -0.39 is 5.97 Å². The normalized spacial score (nSPS) is 11.4. The molecule has 0 atom stereocenters. The Hall–Kier alpha value is -5.28. The molecule has 9 nitrogen and oxygen atoms in total. The van der Waals surface area contributed by atoms with Crippen molar-refractivity contribution in [2.45, 2.75) is 0 Å². The number of fused-ring (bicyclic) bond motifs is 2. The number of rotatable bonds is 8. The molecule has 1 amide bonds. The lowest BCUT2D eigenvalue weighted by Gasteiger charge is -2.10. The highest BCUT2D eigenvalue weighted by Crippen LogP contribution is 2.29. The summed E-state index contributed by atoms with van der Waals surface area (Å²) >= 11 is 0. The van der Waals surface area contributed by atoms with Crippen molar-refractivity contribution in [3.05, 3.63) is 96.1 Å². The lowest BCUT2D eigenvalue weighted by molar-refractivity contribution is 0.0696. The van der Waals surface area contributed by atoms with Crippen LogP contribution >= 0.6 is 0 Å². The second-order valence-corrected chi connectivity index (χ2v) is 10.2. The Labute approximate surface area is 235 Å². The number of carboxylic acid groups (broad SMARTS) is 1. The third-order valence-electron chi connectivity index (χ3n) is 6.97.